The molecule has 7 heteroatoms. The number of rotatable bonds is 7. The standard InChI is InChI=1S/C27H29N3O3S/c1-17(2)15-29-21-12-8-7-11-19(21)27(26(29)33)23-22(20(28-27)13-14-34-3)24(31)30(25(23)32)16-18-9-5-4-6-10-18/h4-12,20,22-23,28H,1,13-16H2,2-3H3/t20-,22+,23-,27+/m1/s1. The Hall–Kier alpha value is -2.90. The Labute approximate surface area is 204 Å². The SMILES string of the molecule is C=C(C)CN1C(=O)[C@]2(N[C@H](CCSC)[C@@H]3C(=O)N(Cc4ccccc4)C(=O)[C@@H]32)c2ccccc21. The highest BCUT2D eigenvalue weighted by molar-refractivity contribution is 7.98. The first-order valence-corrected chi connectivity index (χ1v) is 13.0. The van der Waals surface area contributed by atoms with Gasteiger partial charge < -0.3 is 4.90 Å². The lowest BCUT2D eigenvalue weighted by atomic mass is 9.76. The van der Waals surface area contributed by atoms with Gasteiger partial charge in [-0.25, -0.2) is 0 Å². The third kappa shape index (κ3) is 3.33. The Morgan fingerprint density at radius 1 is 1.03 bits per heavy atom. The first-order chi connectivity index (χ1) is 16.4. The molecule has 2 fully saturated rings. The molecule has 34 heavy (non-hydrogen) atoms. The van der Waals surface area contributed by atoms with Gasteiger partial charge in [-0.3, -0.25) is 24.6 Å². The minimum Gasteiger partial charge on any atom is -0.306 e. The number of hydrogen-bond acceptors (Lipinski definition) is 5. The van der Waals surface area contributed by atoms with Crippen molar-refractivity contribution in [3.8, 4) is 0 Å². The number of thioether (sulfide) groups is 1. The van der Waals surface area contributed by atoms with Crippen LogP contribution in [0.5, 0.6) is 0 Å². The topological polar surface area (TPSA) is 69.7 Å². The smallest absolute Gasteiger partial charge is 0.253 e. The predicted molar refractivity (Wildman–Crippen MR) is 134 cm³/mol. The van der Waals surface area contributed by atoms with E-state index in [0.29, 0.717) is 13.0 Å². The van der Waals surface area contributed by atoms with E-state index in [4.69, 9.17) is 0 Å². The van der Waals surface area contributed by atoms with Crippen LogP contribution in [0, 0.1) is 11.8 Å². The van der Waals surface area contributed by atoms with E-state index in [2.05, 4.69) is 11.9 Å². The third-order valence-electron chi connectivity index (χ3n) is 7.20. The summed E-state index contributed by atoms with van der Waals surface area (Å²) in [7, 11) is 0. The van der Waals surface area contributed by atoms with Gasteiger partial charge in [0, 0.05) is 23.8 Å². The molecule has 3 amide bonds. The highest BCUT2D eigenvalue weighted by atomic mass is 32.2. The maximum Gasteiger partial charge on any atom is 0.253 e. The van der Waals surface area contributed by atoms with Crippen molar-refractivity contribution < 1.29 is 14.4 Å². The second-order valence-corrected chi connectivity index (χ2v) is 10.4. The first kappa shape index (κ1) is 22.9. The molecular weight excluding hydrogens is 446 g/mol. The van der Waals surface area contributed by atoms with Crippen LogP contribution in [0.1, 0.15) is 24.5 Å². The Kier molecular flexibility index (Phi) is 5.86. The first-order valence-electron chi connectivity index (χ1n) is 11.6. The number of likely N-dealkylation sites (tertiary alicyclic amines) is 1. The average Bonchev–Trinajstić information content (AvgIpc) is 3.39. The summed E-state index contributed by atoms with van der Waals surface area (Å²) in [5.74, 6) is -1.11. The number of hydrogen-bond donors (Lipinski definition) is 1. The lowest BCUT2D eigenvalue weighted by molar-refractivity contribution is -0.143. The molecule has 0 aliphatic carbocycles. The molecule has 4 atom stereocenters. The fourth-order valence-electron chi connectivity index (χ4n) is 5.85. The molecule has 2 aromatic carbocycles. The second-order valence-electron chi connectivity index (χ2n) is 9.46. The van der Waals surface area contributed by atoms with Gasteiger partial charge in [-0.2, -0.15) is 11.8 Å². The van der Waals surface area contributed by atoms with E-state index in [1.807, 2.05) is 67.8 Å². The van der Waals surface area contributed by atoms with E-state index in [9.17, 15) is 14.4 Å². The minimum atomic E-state index is -1.24. The molecule has 6 nitrogen and oxygen atoms in total. The van der Waals surface area contributed by atoms with Gasteiger partial charge in [0.25, 0.3) is 5.91 Å². The van der Waals surface area contributed by atoms with Gasteiger partial charge in [-0.15, -0.1) is 0 Å². The molecule has 2 saturated heterocycles. The Bertz CT molecular complexity index is 1170. The molecule has 3 heterocycles. The number of benzene rings is 2. The molecule has 3 aliphatic rings. The number of para-hydroxylation sites is 1. The average molecular weight is 476 g/mol. The molecule has 0 bridgehead atoms. The molecular formula is C27H29N3O3S. The van der Waals surface area contributed by atoms with Crippen LogP contribution in [0.3, 0.4) is 0 Å². The highest BCUT2D eigenvalue weighted by Crippen LogP contribution is 2.55. The summed E-state index contributed by atoms with van der Waals surface area (Å²) >= 11 is 1.70. The Morgan fingerprint density at radius 2 is 1.74 bits per heavy atom. The van der Waals surface area contributed by atoms with Gasteiger partial charge in [0.05, 0.1) is 18.4 Å². The van der Waals surface area contributed by atoms with E-state index < -0.39 is 17.4 Å². The van der Waals surface area contributed by atoms with Crippen LogP contribution >= 0.6 is 11.8 Å². The van der Waals surface area contributed by atoms with Crippen molar-refractivity contribution in [2.75, 3.05) is 23.5 Å². The number of fused-ring (bicyclic) bond motifs is 4. The van der Waals surface area contributed by atoms with Crippen molar-refractivity contribution in [2.24, 2.45) is 11.8 Å². The molecule has 5 rings (SSSR count). The fourth-order valence-corrected chi connectivity index (χ4v) is 6.34. The largest absolute Gasteiger partial charge is 0.306 e. The zero-order chi connectivity index (χ0) is 24.0. The third-order valence-corrected chi connectivity index (χ3v) is 7.85. The summed E-state index contributed by atoms with van der Waals surface area (Å²) in [6, 6.07) is 16.9. The number of carbonyl (C=O) groups is 3. The van der Waals surface area contributed by atoms with E-state index in [-0.39, 0.29) is 30.3 Å². The molecule has 0 radical (unpaired) electrons. The number of imide groups is 1. The molecule has 1 N–H and O–H groups in total. The van der Waals surface area contributed by atoms with Crippen molar-refractivity contribution in [1.29, 1.82) is 0 Å². The summed E-state index contributed by atoms with van der Waals surface area (Å²) in [4.78, 5) is 44.9. The number of amides is 3. The molecule has 0 unspecified atom stereocenters. The van der Waals surface area contributed by atoms with Crippen LogP contribution in [0.2, 0.25) is 0 Å². The molecule has 0 aromatic heterocycles. The van der Waals surface area contributed by atoms with Gasteiger partial charge in [0.15, 0.2) is 0 Å². The predicted octanol–water partition coefficient (Wildman–Crippen LogP) is 3.33. The fraction of sp³-hybridized carbons (Fsp3) is 0.370. The summed E-state index contributed by atoms with van der Waals surface area (Å²) in [6.07, 6.45) is 2.73. The monoisotopic (exact) mass is 475 g/mol. The normalized spacial score (nSPS) is 27.6. The molecule has 176 valence electrons. The maximum absolute atomic E-state index is 14.1. The maximum atomic E-state index is 14.1. The Balaban J connectivity index is 1.61. The number of nitrogens with zero attached hydrogens (tertiary/aromatic N) is 2. The van der Waals surface area contributed by atoms with Crippen molar-refractivity contribution in [3.05, 3.63) is 77.9 Å². The molecule has 1 spiro atoms. The quantitative estimate of drug-likeness (QED) is 0.491. The number of anilines is 1. The molecule has 2 aromatic rings. The van der Waals surface area contributed by atoms with Crippen LogP contribution in [-0.4, -0.2) is 47.2 Å². The van der Waals surface area contributed by atoms with Crippen LogP contribution in [0.4, 0.5) is 5.69 Å². The van der Waals surface area contributed by atoms with Gasteiger partial charge in [-0.1, -0.05) is 60.7 Å². The number of nitrogens with one attached hydrogen (secondary N) is 1. The van der Waals surface area contributed by atoms with Gasteiger partial charge in [-0.05, 0) is 37.0 Å². The van der Waals surface area contributed by atoms with Crippen LogP contribution in [0.15, 0.2) is 66.7 Å². The van der Waals surface area contributed by atoms with Gasteiger partial charge in [0.1, 0.15) is 5.54 Å². The van der Waals surface area contributed by atoms with E-state index >= 15 is 0 Å². The number of carbonyl (C=O) groups excluding carboxylic acids is 3. The van der Waals surface area contributed by atoms with E-state index in [1.165, 1.54) is 4.90 Å². The van der Waals surface area contributed by atoms with E-state index in [1.54, 1.807) is 16.7 Å². The van der Waals surface area contributed by atoms with Crippen LogP contribution in [-0.2, 0) is 26.5 Å². The van der Waals surface area contributed by atoms with Gasteiger partial charge >= 0.3 is 0 Å². The van der Waals surface area contributed by atoms with Crippen molar-refractivity contribution >= 4 is 35.2 Å². The zero-order valence-corrected chi connectivity index (χ0v) is 20.3. The van der Waals surface area contributed by atoms with E-state index in [0.717, 1.165) is 28.1 Å². The molecule has 3 aliphatic heterocycles. The van der Waals surface area contributed by atoms with Crippen molar-refractivity contribution in [2.45, 2.75) is 31.5 Å². The summed E-state index contributed by atoms with van der Waals surface area (Å²) in [5, 5.41) is 3.56. The Morgan fingerprint density at radius 3 is 2.44 bits per heavy atom. The summed E-state index contributed by atoms with van der Waals surface area (Å²) < 4.78 is 0. The summed E-state index contributed by atoms with van der Waals surface area (Å²) in [5.41, 5.74) is 2.08. The van der Waals surface area contributed by atoms with Gasteiger partial charge in [0.2, 0.25) is 11.8 Å². The lowest BCUT2D eigenvalue weighted by Gasteiger charge is -2.30. The molecule has 0 saturated carbocycles. The minimum absolute atomic E-state index is 0.166. The highest BCUT2D eigenvalue weighted by Gasteiger charge is 2.71. The van der Waals surface area contributed by atoms with Crippen molar-refractivity contribution in [3.63, 3.8) is 0 Å². The van der Waals surface area contributed by atoms with Crippen molar-refractivity contribution in [1.82, 2.24) is 10.2 Å². The zero-order valence-electron chi connectivity index (χ0n) is 19.5. The van der Waals surface area contributed by atoms with Crippen LogP contribution < -0.4 is 10.2 Å². The summed E-state index contributed by atoms with van der Waals surface area (Å²) in [6.45, 7) is 6.49. The lowest BCUT2D eigenvalue weighted by Crippen LogP contribution is -2.55. The second kappa shape index (κ2) is 8.71. The van der Waals surface area contributed by atoms with Crippen LogP contribution in [0.25, 0.3) is 0 Å².